The number of hydrogen-bond donors (Lipinski definition) is 1. The largest absolute Gasteiger partial charge is 0.396 e. The fourth-order valence-corrected chi connectivity index (χ4v) is 1.92. The number of aliphatic hydroxyl groups excluding tert-OH is 1. The Kier molecular flexibility index (Phi) is 2.28. The highest BCUT2D eigenvalue weighted by atomic mass is 32.1. The third kappa shape index (κ3) is 1.57. The number of carbonyl (C=O) groups is 1. The molecule has 0 saturated carbocycles. The lowest BCUT2D eigenvalue weighted by Crippen LogP contribution is -2.51. The van der Waals surface area contributed by atoms with Gasteiger partial charge in [0.2, 0.25) is 0 Å². The average molecular weight is 198 g/mol. The molecule has 0 aromatic carbocycles. The quantitative estimate of drug-likeness (QED) is 0.739. The van der Waals surface area contributed by atoms with E-state index < -0.39 is 0 Å². The van der Waals surface area contributed by atoms with E-state index >= 15 is 0 Å². The lowest BCUT2D eigenvalue weighted by Gasteiger charge is -2.37. The van der Waals surface area contributed by atoms with Gasteiger partial charge in [-0.2, -0.15) is 0 Å². The molecule has 0 spiro atoms. The highest BCUT2D eigenvalue weighted by Crippen LogP contribution is 2.19. The first kappa shape index (κ1) is 8.65. The Labute approximate surface area is 79.8 Å². The maximum absolute atomic E-state index is 11.6. The molecule has 0 unspecified atom stereocenters. The zero-order chi connectivity index (χ0) is 9.26. The Morgan fingerprint density at radius 1 is 1.77 bits per heavy atom. The van der Waals surface area contributed by atoms with E-state index in [-0.39, 0.29) is 18.4 Å². The summed E-state index contributed by atoms with van der Waals surface area (Å²) in [5, 5.41) is 8.77. The Hall–Kier alpha value is -0.940. The summed E-state index contributed by atoms with van der Waals surface area (Å²) in [6.07, 6.45) is 1.58. The summed E-state index contributed by atoms with van der Waals surface area (Å²) >= 11 is 1.35. The second kappa shape index (κ2) is 3.43. The summed E-state index contributed by atoms with van der Waals surface area (Å²) in [6.45, 7) is 1.52. The normalized spacial score (nSPS) is 17.2. The molecule has 1 amide bonds. The highest BCUT2D eigenvalue weighted by Gasteiger charge is 2.30. The van der Waals surface area contributed by atoms with Crippen molar-refractivity contribution in [2.45, 2.75) is 0 Å². The van der Waals surface area contributed by atoms with Gasteiger partial charge in [0.15, 0.2) is 0 Å². The zero-order valence-electron chi connectivity index (χ0n) is 7.01. The lowest BCUT2D eigenvalue weighted by atomic mass is 10.0. The number of nitrogens with zero attached hydrogens (tertiary/aromatic N) is 2. The average Bonchev–Trinajstić information content (AvgIpc) is 2.53. The molecule has 13 heavy (non-hydrogen) atoms. The van der Waals surface area contributed by atoms with Gasteiger partial charge in [-0.25, -0.2) is 0 Å². The third-order valence-electron chi connectivity index (χ3n) is 2.15. The van der Waals surface area contributed by atoms with Gasteiger partial charge in [-0.3, -0.25) is 9.78 Å². The van der Waals surface area contributed by atoms with E-state index in [1.165, 1.54) is 11.3 Å². The number of rotatable bonds is 2. The van der Waals surface area contributed by atoms with E-state index in [4.69, 9.17) is 5.11 Å². The van der Waals surface area contributed by atoms with E-state index in [0.29, 0.717) is 18.0 Å². The van der Waals surface area contributed by atoms with Crippen molar-refractivity contribution in [3.63, 3.8) is 0 Å². The number of hydrogen-bond acceptors (Lipinski definition) is 4. The van der Waals surface area contributed by atoms with Crippen LogP contribution < -0.4 is 0 Å². The van der Waals surface area contributed by atoms with Crippen molar-refractivity contribution in [1.29, 1.82) is 0 Å². The summed E-state index contributed by atoms with van der Waals surface area (Å²) in [4.78, 5) is 17.8. The second-order valence-electron chi connectivity index (χ2n) is 3.12. The van der Waals surface area contributed by atoms with Gasteiger partial charge < -0.3 is 10.0 Å². The monoisotopic (exact) mass is 198 g/mol. The van der Waals surface area contributed by atoms with Gasteiger partial charge in [0.05, 0.1) is 11.7 Å². The maximum atomic E-state index is 11.6. The van der Waals surface area contributed by atoms with Crippen molar-refractivity contribution in [3.8, 4) is 0 Å². The van der Waals surface area contributed by atoms with Crippen LogP contribution in [0, 0.1) is 5.92 Å². The van der Waals surface area contributed by atoms with E-state index in [9.17, 15) is 4.79 Å². The SMILES string of the molecule is O=C(c1cncs1)N1CC(CO)C1. The number of amides is 1. The molecule has 2 rings (SSSR count). The molecule has 1 fully saturated rings. The van der Waals surface area contributed by atoms with Crippen molar-refractivity contribution >= 4 is 17.2 Å². The molecule has 70 valence electrons. The molecule has 2 heterocycles. The van der Waals surface area contributed by atoms with E-state index in [0.717, 1.165) is 0 Å². The molecule has 5 heteroatoms. The zero-order valence-corrected chi connectivity index (χ0v) is 7.83. The third-order valence-corrected chi connectivity index (χ3v) is 2.91. The first-order chi connectivity index (χ1) is 6.31. The van der Waals surface area contributed by atoms with Crippen molar-refractivity contribution in [2.75, 3.05) is 19.7 Å². The molecule has 0 bridgehead atoms. The summed E-state index contributed by atoms with van der Waals surface area (Å²) in [5.41, 5.74) is 1.65. The minimum atomic E-state index is 0.0344. The first-order valence-corrected chi connectivity index (χ1v) is 4.98. The van der Waals surface area contributed by atoms with Crippen LogP contribution in [0.1, 0.15) is 9.67 Å². The number of likely N-dealkylation sites (tertiary alicyclic amines) is 1. The summed E-state index contributed by atoms with van der Waals surface area (Å²) in [6, 6.07) is 0. The molecule has 0 radical (unpaired) electrons. The lowest BCUT2D eigenvalue weighted by molar-refractivity contribution is 0.0366. The van der Waals surface area contributed by atoms with Gasteiger partial charge in [-0.05, 0) is 0 Å². The van der Waals surface area contributed by atoms with E-state index in [2.05, 4.69) is 4.98 Å². The standard InChI is InChI=1S/C8H10N2O2S/c11-4-6-2-10(3-6)8(12)7-1-9-5-13-7/h1,5-6,11H,2-4H2. The predicted octanol–water partition coefficient (Wildman–Crippen LogP) is 0.207. The van der Waals surface area contributed by atoms with Crippen LogP contribution in [0.4, 0.5) is 0 Å². The molecule has 1 aromatic heterocycles. The van der Waals surface area contributed by atoms with E-state index in [1.54, 1.807) is 16.6 Å². The Bertz CT molecular complexity index is 293. The van der Waals surface area contributed by atoms with Crippen molar-refractivity contribution in [1.82, 2.24) is 9.88 Å². The van der Waals surface area contributed by atoms with Crippen LogP contribution in [0.25, 0.3) is 0 Å². The molecule has 4 nitrogen and oxygen atoms in total. The molecule has 1 saturated heterocycles. The van der Waals surface area contributed by atoms with Crippen LogP contribution >= 0.6 is 11.3 Å². The molecular weight excluding hydrogens is 188 g/mol. The van der Waals surface area contributed by atoms with Gasteiger partial charge in [0, 0.05) is 25.6 Å². The maximum Gasteiger partial charge on any atom is 0.265 e. The van der Waals surface area contributed by atoms with Gasteiger partial charge in [0.25, 0.3) is 5.91 Å². The minimum Gasteiger partial charge on any atom is -0.396 e. The van der Waals surface area contributed by atoms with Gasteiger partial charge >= 0.3 is 0 Å². The summed E-state index contributed by atoms with van der Waals surface area (Å²) in [7, 11) is 0. The van der Waals surface area contributed by atoms with Gasteiger partial charge in [-0.1, -0.05) is 0 Å². The Balaban J connectivity index is 1.94. The van der Waals surface area contributed by atoms with Gasteiger partial charge in [-0.15, -0.1) is 11.3 Å². The summed E-state index contributed by atoms with van der Waals surface area (Å²) in [5.74, 6) is 0.309. The smallest absolute Gasteiger partial charge is 0.265 e. The second-order valence-corrected chi connectivity index (χ2v) is 4.01. The van der Waals surface area contributed by atoms with Crippen molar-refractivity contribution in [3.05, 3.63) is 16.6 Å². The Morgan fingerprint density at radius 3 is 3.08 bits per heavy atom. The predicted molar refractivity (Wildman–Crippen MR) is 48.6 cm³/mol. The molecular formula is C8H10N2O2S. The topological polar surface area (TPSA) is 53.4 Å². The molecule has 1 aliphatic rings. The molecule has 1 aliphatic heterocycles. The van der Waals surface area contributed by atoms with Crippen LogP contribution in [-0.4, -0.2) is 40.6 Å². The minimum absolute atomic E-state index is 0.0344. The molecule has 0 aliphatic carbocycles. The van der Waals surface area contributed by atoms with Crippen molar-refractivity contribution < 1.29 is 9.90 Å². The number of aliphatic hydroxyl groups is 1. The fraction of sp³-hybridized carbons (Fsp3) is 0.500. The fourth-order valence-electron chi connectivity index (χ4n) is 1.33. The molecule has 1 N–H and O–H groups in total. The van der Waals surface area contributed by atoms with Crippen LogP contribution in [0.15, 0.2) is 11.7 Å². The first-order valence-electron chi connectivity index (χ1n) is 4.10. The van der Waals surface area contributed by atoms with Crippen molar-refractivity contribution in [2.24, 2.45) is 5.92 Å². The summed E-state index contributed by atoms with van der Waals surface area (Å²) < 4.78 is 0. The van der Waals surface area contributed by atoms with Crippen LogP contribution in [0.3, 0.4) is 0 Å². The van der Waals surface area contributed by atoms with Crippen LogP contribution in [0.5, 0.6) is 0 Å². The van der Waals surface area contributed by atoms with Gasteiger partial charge in [0.1, 0.15) is 4.88 Å². The molecule has 0 atom stereocenters. The molecule has 1 aromatic rings. The van der Waals surface area contributed by atoms with Crippen LogP contribution in [0.2, 0.25) is 0 Å². The number of thiazole rings is 1. The Morgan fingerprint density at radius 2 is 2.54 bits per heavy atom. The van der Waals surface area contributed by atoms with Crippen LogP contribution in [-0.2, 0) is 0 Å². The number of aromatic nitrogens is 1. The number of carbonyl (C=O) groups excluding carboxylic acids is 1. The highest BCUT2D eigenvalue weighted by molar-refractivity contribution is 7.11. The van der Waals surface area contributed by atoms with E-state index in [1.807, 2.05) is 0 Å².